The van der Waals surface area contributed by atoms with Crippen LogP contribution < -0.4 is 9.47 Å². The largest absolute Gasteiger partial charge is 0.497 e. The summed E-state index contributed by atoms with van der Waals surface area (Å²) < 4.78 is 12.3. The fourth-order valence-corrected chi connectivity index (χ4v) is 2.31. The van der Waals surface area contributed by atoms with E-state index in [2.05, 4.69) is 38.4 Å². The number of carbonyl (C=O) groups excluding carboxylic acids is 1. The molecule has 0 unspecified atom stereocenters. The molecule has 0 N–H and O–H groups in total. The number of benzene rings is 1. The van der Waals surface area contributed by atoms with E-state index in [-0.39, 0.29) is 17.3 Å². The number of methoxy groups -OCH3 is 1. The van der Waals surface area contributed by atoms with Crippen LogP contribution in [0, 0.1) is 5.41 Å². The molecule has 1 aromatic carbocycles. The van der Waals surface area contributed by atoms with Gasteiger partial charge in [-0.15, -0.1) is 0 Å². The standard InChI is InChI=1S/C17H22N2O3S/c1-17(2,3)9-15-18-12(10-19(15)16(20)23)11-22-14-7-5-13(21-4)6-8-14/h5-8,10H,9,11H2,1-4H3,(H,20,23). The summed E-state index contributed by atoms with van der Waals surface area (Å²) in [5.41, 5.74) is 0.725. The van der Waals surface area contributed by atoms with Crippen molar-refractivity contribution < 1.29 is 14.3 Å². The van der Waals surface area contributed by atoms with Crippen molar-refractivity contribution in [3.05, 3.63) is 42.0 Å². The van der Waals surface area contributed by atoms with Crippen LogP contribution in [-0.4, -0.2) is 21.9 Å². The van der Waals surface area contributed by atoms with E-state index in [0.717, 1.165) is 11.5 Å². The van der Waals surface area contributed by atoms with Crippen molar-refractivity contribution in [3.8, 4) is 11.5 Å². The van der Waals surface area contributed by atoms with Crippen molar-refractivity contribution in [1.29, 1.82) is 0 Å². The van der Waals surface area contributed by atoms with Crippen LogP contribution >= 0.6 is 12.6 Å². The third-order valence-corrected chi connectivity index (χ3v) is 3.39. The third-order valence-electron chi connectivity index (χ3n) is 3.17. The van der Waals surface area contributed by atoms with Gasteiger partial charge in [-0.05, 0) is 29.7 Å². The molecule has 1 aromatic heterocycles. The van der Waals surface area contributed by atoms with Gasteiger partial charge in [0.25, 0.3) is 5.24 Å². The van der Waals surface area contributed by atoms with Crippen molar-refractivity contribution in [2.45, 2.75) is 33.8 Å². The summed E-state index contributed by atoms with van der Waals surface area (Å²) in [6.45, 7) is 6.59. The molecule has 2 aromatic rings. The predicted molar refractivity (Wildman–Crippen MR) is 92.5 cm³/mol. The maximum atomic E-state index is 11.6. The quantitative estimate of drug-likeness (QED) is 0.841. The van der Waals surface area contributed by atoms with Crippen LogP contribution in [0.2, 0.25) is 0 Å². The first kappa shape index (κ1) is 17.4. The Hall–Kier alpha value is -1.95. The highest BCUT2D eigenvalue weighted by Crippen LogP contribution is 2.22. The second-order valence-corrected chi connectivity index (χ2v) is 6.89. The van der Waals surface area contributed by atoms with E-state index in [1.165, 1.54) is 4.57 Å². The van der Waals surface area contributed by atoms with Gasteiger partial charge in [-0.1, -0.05) is 33.4 Å². The van der Waals surface area contributed by atoms with Crippen LogP contribution in [0.1, 0.15) is 32.3 Å². The van der Waals surface area contributed by atoms with Gasteiger partial charge in [-0.25, -0.2) is 4.98 Å². The van der Waals surface area contributed by atoms with Gasteiger partial charge in [0.2, 0.25) is 0 Å². The molecule has 0 bridgehead atoms. The summed E-state index contributed by atoms with van der Waals surface area (Å²) in [7, 11) is 1.62. The number of rotatable bonds is 5. The van der Waals surface area contributed by atoms with Crippen LogP contribution in [0.15, 0.2) is 30.5 Å². The second kappa shape index (κ2) is 7.08. The average Bonchev–Trinajstić information content (AvgIpc) is 2.86. The molecule has 2 rings (SSSR count). The van der Waals surface area contributed by atoms with Crippen molar-refractivity contribution in [1.82, 2.24) is 9.55 Å². The first-order valence-corrected chi connectivity index (χ1v) is 7.80. The van der Waals surface area contributed by atoms with Gasteiger partial charge in [0.05, 0.1) is 12.8 Å². The SMILES string of the molecule is COc1ccc(OCc2cn(C(=O)S)c(CC(C)(C)C)n2)cc1. The average molecular weight is 334 g/mol. The first-order chi connectivity index (χ1) is 10.8. The number of imidazole rings is 1. The van der Waals surface area contributed by atoms with Gasteiger partial charge >= 0.3 is 0 Å². The third kappa shape index (κ3) is 5.03. The fraction of sp³-hybridized carbons (Fsp3) is 0.412. The molecule has 6 heteroatoms. The Morgan fingerprint density at radius 1 is 1.22 bits per heavy atom. The van der Waals surface area contributed by atoms with Gasteiger partial charge < -0.3 is 9.47 Å². The molecule has 0 aliphatic carbocycles. The lowest BCUT2D eigenvalue weighted by Crippen LogP contribution is -2.15. The zero-order valence-electron chi connectivity index (χ0n) is 13.9. The number of aromatic nitrogens is 2. The number of nitrogens with zero attached hydrogens (tertiary/aromatic N) is 2. The lowest BCUT2D eigenvalue weighted by atomic mass is 9.92. The Kier molecular flexibility index (Phi) is 5.36. The molecule has 23 heavy (non-hydrogen) atoms. The van der Waals surface area contributed by atoms with Crippen molar-refractivity contribution >= 4 is 17.9 Å². The molecule has 0 atom stereocenters. The molecule has 0 saturated heterocycles. The second-order valence-electron chi connectivity index (χ2n) is 6.50. The lowest BCUT2D eigenvalue weighted by molar-refractivity contribution is 0.261. The molecule has 124 valence electrons. The number of hydrogen-bond donors (Lipinski definition) is 1. The summed E-state index contributed by atoms with van der Waals surface area (Å²) in [4.78, 5) is 16.2. The Bertz CT molecular complexity index is 672. The summed E-state index contributed by atoms with van der Waals surface area (Å²) in [5.74, 6) is 2.19. The maximum absolute atomic E-state index is 11.6. The number of carbonyl (C=O) groups is 1. The molecule has 0 aliphatic heterocycles. The van der Waals surface area contributed by atoms with Crippen LogP contribution in [0.3, 0.4) is 0 Å². The Morgan fingerprint density at radius 3 is 2.35 bits per heavy atom. The highest BCUT2D eigenvalue weighted by molar-refractivity contribution is 7.96. The minimum atomic E-state index is -0.340. The smallest absolute Gasteiger partial charge is 0.288 e. The topological polar surface area (TPSA) is 53.4 Å². The molecule has 0 radical (unpaired) electrons. The van der Waals surface area contributed by atoms with Gasteiger partial charge in [0, 0.05) is 12.6 Å². The van der Waals surface area contributed by atoms with Crippen molar-refractivity contribution in [2.75, 3.05) is 7.11 Å². The molecule has 0 amide bonds. The molecule has 5 nitrogen and oxygen atoms in total. The Labute approximate surface area is 142 Å². The molecular formula is C17H22N2O3S. The summed E-state index contributed by atoms with van der Waals surface area (Å²) >= 11 is 3.91. The fourth-order valence-electron chi connectivity index (χ4n) is 2.14. The Balaban J connectivity index is 2.10. The van der Waals surface area contributed by atoms with Gasteiger partial charge in [0.15, 0.2) is 0 Å². The molecule has 0 aliphatic rings. The molecule has 0 spiro atoms. The van der Waals surface area contributed by atoms with Crippen LogP contribution in [-0.2, 0) is 13.0 Å². The van der Waals surface area contributed by atoms with Crippen LogP contribution in [0.5, 0.6) is 11.5 Å². The summed E-state index contributed by atoms with van der Waals surface area (Å²) in [6, 6.07) is 7.32. The van der Waals surface area contributed by atoms with E-state index in [9.17, 15) is 4.79 Å². The van der Waals surface area contributed by atoms with E-state index in [1.54, 1.807) is 13.3 Å². The van der Waals surface area contributed by atoms with Gasteiger partial charge in [-0.2, -0.15) is 0 Å². The lowest BCUT2D eigenvalue weighted by Gasteiger charge is -2.17. The normalized spacial score (nSPS) is 11.3. The van der Waals surface area contributed by atoms with E-state index in [4.69, 9.17) is 9.47 Å². The molecule has 0 saturated carbocycles. The van der Waals surface area contributed by atoms with E-state index in [0.29, 0.717) is 17.9 Å². The summed E-state index contributed by atoms with van der Waals surface area (Å²) in [6.07, 6.45) is 2.36. The monoisotopic (exact) mass is 334 g/mol. The van der Waals surface area contributed by atoms with E-state index in [1.807, 2.05) is 24.3 Å². The van der Waals surface area contributed by atoms with Gasteiger partial charge in [-0.3, -0.25) is 9.36 Å². The minimum Gasteiger partial charge on any atom is -0.497 e. The van der Waals surface area contributed by atoms with Crippen molar-refractivity contribution in [2.24, 2.45) is 5.41 Å². The molecule has 1 heterocycles. The maximum Gasteiger partial charge on any atom is 0.288 e. The predicted octanol–water partition coefficient (Wildman–Crippen LogP) is 3.96. The van der Waals surface area contributed by atoms with E-state index >= 15 is 0 Å². The highest BCUT2D eigenvalue weighted by atomic mass is 32.1. The first-order valence-electron chi connectivity index (χ1n) is 7.36. The van der Waals surface area contributed by atoms with Crippen molar-refractivity contribution in [3.63, 3.8) is 0 Å². The zero-order valence-corrected chi connectivity index (χ0v) is 14.8. The molecular weight excluding hydrogens is 312 g/mol. The molecule has 0 fully saturated rings. The van der Waals surface area contributed by atoms with Gasteiger partial charge in [0.1, 0.15) is 23.9 Å². The number of hydrogen-bond acceptors (Lipinski definition) is 4. The Morgan fingerprint density at radius 2 is 1.83 bits per heavy atom. The zero-order chi connectivity index (χ0) is 17.0. The number of ether oxygens (including phenoxy) is 2. The summed E-state index contributed by atoms with van der Waals surface area (Å²) in [5, 5.41) is -0.340. The number of thiol groups is 1. The van der Waals surface area contributed by atoms with Crippen LogP contribution in [0.4, 0.5) is 4.79 Å². The van der Waals surface area contributed by atoms with E-state index < -0.39 is 0 Å². The van der Waals surface area contributed by atoms with Crippen LogP contribution in [0.25, 0.3) is 0 Å². The highest BCUT2D eigenvalue weighted by Gasteiger charge is 2.19. The minimum absolute atomic E-state index is 0.0282.